The Morgan fingerprint density at radius 1 is 1.15 bits per heavy atom. The number of fused-ring (bicyclic) bond motifs is 1. The molecule has 0 aromatic heterocycles. The zero-order valence-corrected chi connectivity index (χ0v) is 20.1. The normalized spacial score (nSPS) is 43.4. The van der Waals surface area contributed by atoms with Gasteiger partial charge < -0.3 is 34.5 Å². The van der Waals surface area contributed by atoms with E-state index in [9.17, 15) is 9.59 Å². The number of methoxy groups -OCH3 is 1. The molecule has 0 aromatic rings. The molecule has 4 heterocycles. The number of urea groups is 1. The third kappa shape index (κ3) is 4.02. The van der Waals surface area contributed by atoms with E-state index in [0.29, 0.717) is 39.2 Å². The Balaban J connectivity index is 1.24. The third-order valence-electron chi connectivity index (χ3n) is 8.55. The molecule has 33 heavy (non-hydrogen) atoms. The number of rotatable bonds is 5. The van der Waals surface area contributed by atoms with Crippen LogP contribution in [0.25, 0.3) is 0 Å². The number of epoxide rings is 2. The Hall–Kier alpha value is -1.84. The molecular weight excluding hydrogens is 426 g/mol. The second-order valence-corrected chi connectivity index (χ2v) is 11.0. The van der Waals surface area contributed by atoms with E-state index in [4.69, 9.17) is 24.7 Å². The molecule has 5 aliphatic rings. The third-order valence-corrected chi connectivity index (χ3v) is 8.55. The second kappa shape index (κ2) is 8.13. The molecule has 0 radical (unpaired) electrons. The number of amides is 3. The number of likely N-dealkylation sites (tertiary alicyclic amines) is 2. The van der Waals surface area contributed by atoms with Crippen LogP contribution in [0.5, 0.6) is 0 Å². The van der Waals surface area contributed by atoms with Crippen molar-refractivity contribution >= 4 is 12.1 Å². The van der Waals surface area contributed by atoms with E-state index >= 15 is 0 Å². The predicted octanol–water partition coefficient (Wildman–Crippen LogP) is 2.14. The van der Waals surface area contributed by atoms with Crippen molar-refractivity contribution in [2.45, 2.75) is 69.5 Å². The quantitative estimate of drug-likeness (QED) is 0.494. The average Bonchev–Trinajstić information content (AvgIpc) is 3.55. The fourth-order valence-corrected chi connectivity index (χ4v) is 6.60. The van der Waals surface area contributed by atoms with Crippen LogP contribution in [0.3, 0.4) is 0 Å². The molecule has 9 nitrogen and oxygen atoms in total. The summed E-state index contributed by atoms with van der Waals surface area (Å²) in [6.45, 7) is 9.45. The fraction of sp³-hybridized carbons (Fsp3) is 0.833. The second-order valence-electron chi connectivity index (χ2n) is 11.0. The van der Waals surface area contributed by atoms with E-state index in [2.05, 4.69) is 26.8 Å². The van der Waals surface area contributed by atoms with Gasteiger partial charge in [0.1, 0.15) is 23.4 Å². The number of carbonyl (C=O) groups excluding carboxylic acids is 2. The van der Waals surface area contributed by atoms with Gasteiger partial charge in [-0.05, 0) is 40.0 Å². The lowest BCUT2D eigenvalue weighted by Crippen LogP contribution is -2.56. The molecule has 0 bridgehead atoms. The molecule has 0 aromatic carbocycles. The molecular formula is C24H37N3O6. The van der Waals surface area contributed by atoms with Gasteiger partial charge in [0.2, 0.25) is 0 Å². The predicted molar refractivity (Wildman–Crippen MR) is 120 cm³/mol. The molecule has 4 saturated heterocycles. The molecule has 1 aliphatic carbocycles. The Morgan fingerprint density at radius 2 is 1.79 bits per heavy atom. The summed E-state index contributed by atoms with van der Waals surface area (Å²) in [5.41, 5.74) is 6.11. The largest absolute Gasteiger partial charge is 0.443 e. The van der Waals surface area contributed by atoms with Gasteiger partial charge in [0.15, 0.2) is 0 Å². The summed E-state index contributed by atoms with van der Waals surface area (Å²) < 4.78 is 24.3. The SMILES string of the molecule is CO[C@@H]1[C@H](OC(=O)N2C[C@H]3CN(C(N)=O)C[C@H]3C2)CC[C@]2(CO2)[C@H]1[C@@]1(C)O[C@@H]1CC=C(C)C. The first-order valence-corrected chi connectivity index (χ1v) is 12.1. The smallest absolute Gasteiger partial charge is 0.410 e. The first kappa shape index (κ1) is 22.9. The summed E-state index contributed by atoms with van der Waals surface area (Å²) in [6.07, 6.45) is 3.84. The highest BCUT2D eigenvalue weighted by molar-refractivity contribution is 5.73. The fourth-order valence-electron chi connectivity index (χ4n) is 6.60. The van der Waals surface area contributed by atoms with Crippen LogP contribution >= 0.6 is 0 Å². The van der Waals surface area contributed by atoms with Gasteiger partial charge in [-0.1, -0.05) is 11.6 Å². The van der Waals surface area contributed by atoms with Crippen LogP contribution in [0.2, 0.25) is 0 Å². The zero-order valence-electron chi connectivity index (χ0n) is 20.1. The van der Waals surface area contributed by atoms with Gasteiger partial charge in [-0.25, -0.2) is 9.59 Å². The molecule has 8 atom stereocenters. The Labute approximate surface area is 195 Å². The highest BCUT2D eigenvalue weighted by Gasteiger charge is 2.72. The minimum Gasteiger partial charge on any atom is -0.443 e. The molecule has 9 heteroatoms. The molecule has 2 N–H and O–H groups in total. The Morgan fingerprint density at radius 3 is 2.33 bits per heavy atom. The lowest BCUT2D eigenvalue weighted by atomic mass is 9.68. The summed E-state index contributed by atoms with van der Waals surface area (Å²) in [7, 11) is 1.69. The Kier molecular flexibility index (Phi) is 5.65. The van der Waals surface area contributed by atoms with Crippen LogP contribution in [-0.2, 0) is 18.9 Å². The lowest BCUT2D eigenvalue weighted by molar-refractivity contribution is -0.121. The van der Waals surface area contributed by atoms with Crippen LogP contribution in [0.4, 0.5) is 9.59 Å². The van der Waals surface area contributed by atoms with Crippen molar-refractivity contribution < 1.29 is 28.5 Å². The van der Waals surface area contributed by atoms with Crippen LogP contribution in [0, 0.1) is 17.8 Å². The van der Waals surface area contributed by atoms with Crippen LogP contribution in [0.1, 0.15) is 40.0 Å². The number of primary amides is 1. The van der Waals surface area contributed by atoms with Crippen molar-refractivity contribution in [3.05, 3.63) is 11.6 Å². The molecule has 0 unspecified atom stereocenters. The number of hydrogen-bond donors (Lipinski definition) is 1. The van der Waals surface area contributed by atoms with E-state index in [1.165, 1.54) is 5.57 Å². The minimum atomic E-state index is -0.385. The van der Waals surface area contributed by atoms with Gasteiger partial charge >= 0.3 is 12.1 Å². The topological polar surface area (TPSA) is 110 Å². The van der Waals surface area contributed by atoms with Gasteiger partial charge in [0.25, 0.3) is 0 Å². The maximum atomic E-state index is 13.1. The first-order valence-electron chi connectivity index (χ1n) is 12.1. The summed E-state index contributed by atoms with van der Waals surface area (Å²) in [5, 5.41) is 0. The average molecular weight is 464 g/mol. The van der Waals surface area contributed by atoms with E-state index in [-0.39, 0.29) is 59.4 Å². The number of nitrogens with zero attached hydrogens (tertiary/aromatic N) is 2. The molecule has 3 amide bonds. The van der Waals surface area contributed by atoms with Gasteiger partial charge in [-0.2, -0.15) is 0 Å². The van der Waals surface area contributed by atoms with Crippen LogP contribution in [-0.4, -0.2) is 91.3 Å². The van der Waals surface area contributed by atoms with Gasteiger partial charge in [-0.15, -0.1) is 0 Å². The molecule has 1 spiro atoms. The minimum absolute atomic E-state index is 0.0131. The van der Waals surface area contributed by atoms with Crippen LogP contribution in [0.15, 0.2) is 11.6 Å². The van der Waals surface area contributed by atoms with Gasteiger partial charge in [0, 0.05) is 45.1 Å². The summed E-state index contributed by atoms with van der Waals surface area (Å²) >= 11 is 0. The number of nitrogens with two attached hydrogens (primary N) is 1. The molecule has 4 aliphatic heterocycles. The molecule has 184 valence electrons. The maximum Gasteiger partial charge on any atom is 0.410 e. The van der Waals surface area contributed by atoms with Crippen molar-refractivity contribution in [2.24, 2.45) is 23.5 Å². The van der Waals surface area contributed by atoms with Gasteiger partial charge in [0.05, 0.1) is 18.6 Å². The van der Waals surface area contributed by atoms with E-state index in [1.807, 2.05) is 0 Å². The maximum absolute atomic E-state index is 13.1. The van der Waals surface area contributed by atoms with Crippen molar-refractivity contribution in [2.75, 3.05) is 39.9 Å². The molecule has 1 saturated carbocycles. The number of hydrogen-bond acceptors (Lipinski definition) is 6. The summed E-state index contributed by atoms with van der Waals surface area (Å²) in [4.78, 5) is 28.0. The van der Waals surface area contributed by atoms with Gasteiger partial charge in [-0.3, -0.25) is 0 Å². The standard InChI is InChI=1S/C24H37N3O6/c1-14(2)5-6-18-23(3,33-18)20-19(30-4)17(7-8-24(20)13-31-24)32-22(29)27-11-15-9-26(21(25)28)10-16(15)12-27/h5,15-20H,6-13H2,1-4H3,(H2,25,28)/t15-,16+,17-,18-,19-,20-,23+,24+/m1/s1. The van der Waals surface area contributed by atoms with E-state index in [0.717, 1.165) is 12.8 Å². The lowest BCUT2D eigenvalue weighted by Gasteiger charge is -2.43. The number of ether oxygens (including phenoxy) is 4. The van der Waals surface area contributed by atoms with Crippen molar-refractivity contribution in [1.29, 1.82) is 0 Å². The highest BCUT2D eigenvalue weighted by Crippen LogP contribution is 2.59. The Bertz CT molecular complexity index is 826. The number of allylic oxidation sites excluding steroid dienone is 1. The molecule has 5 fully saturated rings. The van der Waals surface area contributed by atoms with Crippen molar-refractivity contribution in [1.82, 2.24) is 9.80 Å². The number of carbonyl (C=O) groups is 2. The summed E-state index contributed by atoms with van der Waals surface area (Å²) in [5.74, 6) is 0.541. The molecule has 5 rings (SSSR count). The van der Waals surface area contributed by atoms with Crippen molar-refractivity contribution in [3.63, 3.8) is 0 Å². The first-order chi connectivity index (χ1) is 15.7. The monoisotopic (exact) mass is 463 g/mol. The summed E-state index contributed by atoms with van der Waals surface area (Å²) in [6, 6.07) is -0.385. The highest BCUT2D eigenvalue weighted by atomic mass is 16.6. The zero-order chi connectivity index (χ0) is 23.5. The van der Waals surface area contributed by atoms with E-state index in [1.54, 1.807) is 16.9 Å². The van der Waals surface area contributed by atoms with Crippen LogP contribution < -0.4 is 5.73 Å². The van der Waals surface area contributed by atoms with E-state index < -0.39 is 0 Å². The van der Waals surface area contributed by atoms with Crippen molar-refractivity contribution in [3.8, 4) is 0 Å².